The van der Waals surface area contributed by atoms with E-state index in [2.05, 4.69) is 5.32 Å². The first kappa shape index (κ1) is 36.7. The summed E-state index contributed by atoms with van der Waals surface area (Å²) in [4.78, 5) is 30.6. The van der Waals surface area contributed by atoms with Crippen molar-refractivity contribution in [1.29, 1.82) is 0 Å². The van der Waals surface area contributed by atoms with Crippen molar-refractivity contribution in [3.05, 3.63) is 156 Å². The Bertz CT molecular complexity index is 2010. The number of benzene rings is 5. The summed E-state index contributed by atoms with van der Waals surface area (Å²) in [6.45, 7) is -0.486. The molecule has 0 heterocycles. The maximum Gasteiger partial charge on any atom is 0.264 e. The number of nitrogens with zero attached hydrogens (tertiary/aromatic N) is 2. The summed E-state index contributed by atoms with van der Waals surface area (Å²) >= 11 is 6.21. The minimum Gasteiger partial charge on any atom is -0.457 e. The van der Waals surface area contributed by atoms with Crippen LogP contribution in [0.15, 0.2) is 144 Å². The van der Waals surface area contributed by atoms with E-state index in [0.717, 1.165) is 47.5 Å². The van der Waals surface area contributed by atoms with Crippen molar-refractivity contribution in [3.63, 3.8) is 0 Å². The van der Waals surface area contributed by atoms with Gasteiger partial charge in [0, 0.05) is 24.0 Å². The second-order valence-electron chi connectivity index (χ2n) is 12.9. The molecule has 52 heavy (non-hydrogen) atoms. The molecule has 1 aliphatic rings. The van der Waals surface area contributed by atoms with Gasteiger partial charge in [0.15, 0.2) is 0 Å². The van der Waals surface area contributed by atoms with Crippen molar-refractivity contribution in [2.24, 2.45) is 0 Å². The highest BCUT2D eigenvalue weighted by atomic mass is 35.5. The SMILES string of the molecule is O=C(NC1CCCCC1)[C@H](Cc1ccccc1)N(Cc1ccc(Cl)cc1)C(=O)CN(c1ccc(Oc2ccccc2)cc1)S(=O)(=O)c1ccccc1. The molecular formula is C42H42ClN3O5S. The number of ether oxygens (including phenoxy) is 1. The third-order valence-electron chi connectivity index (χ3n) is 9.20. The Labute approximate surface area is 311 Å². The molecule has 0 bridgehead atoms. The smallest absolute Gasteiger partial charge is 0.264 e. The van der Waals surface area contributed by atoms with Gasteiger partial charge in [-0.15, -0.1) is 0 Å². The van der Waals surface area contributed by atoms with Crippen LogP contribution in [0.4, 0.5) is 5.69 Å². The molecular weight excluding hydrogens is 694 g/mol. The highest BCUT2D eigenvalue weighted by Gasteiger charge is 2.35. The number of amides is 2. The molecule has 0 unspecified atom stereocenters. The molecule has 5 aromatic carbocycles. The summed E-state index contributed by atoms with van der Waals surface area (Å²) in [5, 5.41) is 3.78. The maximum absolute atomic E-state index is 14.8. The number of para-hydroxylation sites is 1. The predicted octanol–water partition coefficient (Wildman–Crippen LogP) is 8.42. The summed E-state index contributed by atoms with van der Waals surface area (Å²) in [7, 11) is -4.23. The minimum atomic E-state index is -4.23. The van der Waals surface area contributed by atoms with Crippen molar-refractivity contribution < 1.29 is 22.7 Å². The Kier molecular flexibility index (Phi) is 12.3. The van der Waals surface area contributed by atoms with Gasteiger partial charge in [-0.3, -0.25) is 13.9 Å². The summed E-state index contributed by atoms with van der Waals surface area (Å²) in [5.41, 5.74) is 1.90. The molecule has 0 spiro atoms. The van der Waals surface area contributed by atoms with Crippen molar-refractivity contribution >= 4 is 39.1 Å². The van der Waals surface area contributed by atoms with E-state index in [-0.39, 0.29) is 35.5 Å². The van der Waals surface area contributed by atoms with E-state index in [1.165, 1.54) is 17.0 Å². The second kappa shape index (κ2) is 17.4. The van der Waals surface area contributed by atoms with Crippen molar-refractivity contribution in [2.45, 2.75) is 62.0 Å². The molecule has 0 aliphatic heterocycles. The van der Waals surface area contributed by atoms with E-state index in [4.69, 9.17) is 16.3 Å². The fraction of sp³-hybridized carbons (Fsp3) is 0.238. The quantitative estimate of drug-likeness (QED) is 0.124. The van der Waals surface area contributed by atoms with Crippen LogP contribution in [0, 0.1) is 0 Å². The van der Waals surface area contributed by atoms with Gasteiger partial charge in [0.05, 0.1) is 10.6 Å². The molecule has 268 valence electrons. The fourth-order valence-electron chi connectivity index (χ4n) is 6.44. The average molecular weight is 736 g/mol. The highest BCUT2D eigenvalue weighted by Crippen LogP contribution is 2.29. The van der Waals surface area contributed by atoms with Crippen LogP contribution in [0.2, 0.25) is 5.02 Å². The zero-order chi connectivity index (χ0) is 36.3. The highest BCUT2D eigenvalue weighted by molar-refractivity contribution is 7.92. The largest absolute Gasteiger partial charge is 0.457 e. The van der Waals surface area contributed by atoms with Crippen molar-refractivity contribution in [3.8, 4) is 11.5 Å². The summed E-state index contributed by atoms with van der Waals surface area (Å²) < 4.78 is 35.8. The van der Waals surface area contributed by atoms with Gasteiger partial charge >= 0.3 is 0 Å². The van der Waals surface area contributed by atoms with E-state index < -0.39 is 28.5 Å². The molecule has 0 aromatic heterocycles. The van der Waals surface area contributed by atoms with Gasteiger partial charge in [0.2, 0.25) is 11.8 Å². The first-order chi connectivity index (χ1) is 25.3. The Morgan fingerprint density at radius 2 is 1.29 bits per heavy atom. The zero-order valence-electron chi connectivity index (χ0n) is 28.8. The van der Waals surface area contributed by atoms with Gasteiger partial charge in [-0.05, 0) is 84.6 Å². The first-order valence-corrected chi connectivity index (χ1v) is 19.4. The van der Waals surface area contributed by atoms with Crippen LogP contribution in [0.3, 0.4) is 0 Å². The van der Waals surface area contributed by atoms with Crippen LogP contribution in [0.25, 0.3) is 0 Å². The number of hydrogen-bond acceptors (Lipinski definition) is 5. The van der Waals surface area contributed by atoms with Gasteiger partial charge in [0.1, 0.15) is 24.1 Å². The number of anilines is 1. The summed E-state index contributed by atoms with van der Waals surface area (Å²) in [5.74, 6) is 0.342. The van der Waals surface area contributed by atoms with Crippen LogP contribution >= 0.6 is 11.6 Å². The molecule has 2 amide bonds. The van der Waals surface area contributed by atoms with Crippen molar-refractivity contribution in [2.75, 3.05) is 10.8 Å². The third kappa shape index (κ3) is 9.60. The number of hydrogen-bond donors (Lipinski definition) is 1. The lowest BCUT2D eigenvalue weighted by Gasteiger charge is -2.35. The summed E-state index contributed by atoms with van der Waals surface area (Å²) in [6.07, 6.45) is 5.19. The molecule has 0 radical (unpaired) electrons. The van der Waals surface area contributed by atoms with E-state index in [9.17, 15) is 18.0 Å². The number of rotatable bonds is 14. The Hall–Kier alpha value is -5.12. The standard InChI is InChI=1S/C42H42ClN3O5S/c43-34-23-21-33(22-24-34)30-45(40(29-32-13-5-1-6-14-32)42(48)44-35-15-7-2-8-16-35)41(47)31-46(52(49,50)39-19-11-4-12-20-39)36-25-27-38(28-26-36)51-37-17-9-3-10-18-37/h1,3-6,9-14,17-28,35,40H,2,7-8,15-16,29-31H2,(H,44,48)/t40-/m0/s1. The van der Waals surface area contributed by atoms with Crippen LogP contribution < -0.4 is 14.4 Å². The fourth-order valence-corrected chi connectivity index (χ4v) is 8.00. The van der Waals surface area contributed by atoms with Gasteiger partial charge < -0.3 is 15.0 Å². The van der Waals surface area contributed by atoms with Crippen molar-refractivity contribution in [1.82, 2.24) is 10.2 Å². The monoisotopic (exact) mass is 735 g/mol. The van der Waals surface area contributed by atoms with E-state index >= 15 is 0 Å². The third-order valence-corrected chi connectivity index (χ3v) is 11.2. The van der Waals surface area contributed by atoms with E-state index in [1.54, 1.807) is 54.6 Å². The molecule has 1 fully saturated rings. The van der Waals surface area contributed by atoms with Crippen LogP contribution in [-0.2, 0) is 32.6 Å². The number of carbonyl (C=O) groups is 2. The molecule has 10 heteroatoms. The molecule has 8 nitrogen and oxygen atoms in total. The molecule has 5 aromatic rings. The molecule has 1 saturated carbocycles. The predicted molar refractivity (Wildman–Crippen MR) is 205 cm³/mol. The Morgan fingerprint density at radius 3 is 1.92 bits per heavy atom. The number of sulfonamides is 1. The zero-order valence-corrected chi connectivity index (χ0v) is 30.4. The van der Waals surface area contributed by atoms with E-state index in [0.29, 0.717) is 16.5 Å². The van der Waals surface area contributed by atoms with Gasteiger partial charge in [-0.25, -0.2) is 8.42 Å². The minimum absolute atomic E-state index is 0.0126. The lowest BCUT2D eigenvalue weighted by atomic mass is 9.94. The topological polar surface area (TPSA) is 96.0 Å². The normalized spacial score (nSPS) is 13.9. The van der Waals surface area contributed by atoms with Crippen LogP contribution in [0.5, 0.6) is 11.5 Å². The molecule has 1 aliphatic carbocycles. The van der Waals surface area contributed by atoms with Gasteiger partial charge in [0.25, 0.3) is 10.0 Å². The number of carbonyl (C=O) groups excluding carboxylic acids is 2. The van der Waals surface area contributed by atoms with E-state index in [1.807, 2.05) is 72.8 Å². The van der Waals surface area contributed by atoms with Gasteiger partial charge in [-0.1, -0.05) is 110 Å². The summed E-state index contributed by atoms with van der Waals surface area (Å²) in [6, 6.07) is 39.6. The molecule has 1 atom stereocenters. The molecule has 0 saturated heterocycles. The number of halogens is 1. The maximum atomic E-state index is 14.8. The average Bonchev–Trinajstić information content (AvgIpc) is 3.18. The molecule has 6 rings (SSSR count). The first-order valence-electron chi connectivity index (χ1n) is 17.6. The Morgan fingerprint density at radius 1 is 0.712 bits per heavy atom. The van der Waals surface area contributed by atoms with Crippen LogP contribution in [0.1, 0.15) is 43.2 Å². The lowest BCUT2D eigenvalue weighted by molar-refractivity contribution is -0.140. The molecule has 1 N–H and O–H groups in total. The second-order valence-corrected chi connectivity index (χ2v) is 15.2. The van der Waals surface area contributed by atoms with Gasteiger partial charge in [-0.2, -0.15) is 0 Å². The number of nitrogens with one attached hydrogen (secondary N) is 1. The Balaban J connectivity index is 1.37. The lowest BCUT2D eigenvalue weighted by Crippen LogP contribution is -2.55. The van der Waals surface area contributed by atoms with Crippen LogP contribution in [-0.4, -0.2) is 43.8 Å².